The third-order valence-corrected chi connectivity index (χ3v) is 3.35. The maximum atomic E-state index is 11.9. The summed E-state index contributed by atoms with van der Waals surface area (Å²) in [5.74, 6) is 0.298. The third-order valence-electron chi connectivity index (χ3n) is 3.35. The van der Waals surface area contributed by atoms with E-state index in [4.69, 9.17) is 0 Å². The van der Waals surface area contributed by atoms with Crippen LogP contribution < -0.4 is 0 Å². The molecule has 18 heavy (non-hydrogen) atoms. The average molecular weight is 246 g/mol. The van der Waals surface area contributed by atoms with Crippen LogP contribution in [0, 0.1) is 6.92 Å². The van der Waals surface area contributed by atoms with Crippen molar-refractivity contribution in [2.45, 2.75) is 65.2 Å². The van der Waals surface area contributed by atoms with Crippen LogP contribution in [0.5, 0.6) is 0 Å². The fourth-order valence-electron chi connectivity index (χ4n) is 2.21. The van der Waals surface area contributed by atoms with Crippen molar-refractivity contribution in [3.8, 4) is 0 Å². The summed E-state index contributed by atoms with van der Waals surface area (Å²) in [6.45, 7) is 4.27. The first-order chi connectivity index (χ1) is 8.74. The molecule has 0 fully saturated rings. The van der Waals surface area contributed by atoms with Crippen molar-refractivity contribution < 1.29 is 4.79 Å². The summed E-state index contributed by atoms with van der Waals surface area (Å²) >= 11 is 0. The molecule has 1 aromatic carbocycles. The SMILES string of the molecule is CCCCCCCCCC(=O)c1cccc(C)c1. The van der Waals surface area contributed by atoms with E-state index in [9.17, 15) is 4.79 Å². The van der Waals surface area contributed by atoms with E-state index in [1.165, 1.54) is 44.1 Å². The minimum atomic E-state index is 0.298. The summed E-state index contributed by atoms with van der Waals surface area (Å²) in [6, 6.07) is 7.91. The van der Waals surface area contributed by atoms with Gasteiger partial charge < -0.3 is 0 Å². The maximum Gasteiger partial charge on any atom is 0.162 e. The number of carbonyl (C=O) groups excluding carboxylic acids is 1. The first kappa shape index (κ1) is 14.9. The molecule has 0 heterocycles. The molecule has 0 bridgehead atoms. The lowest BCUT2D eigenvalue weighted by atomic mass is 10.0. The maximum absolute atomic E-state index is 11.9. The van der Waals surface area contributed by atoms with E-state index < -0.39 is 0 Å². The zero-order valence-corrected chi connectivity index (χ0v) is 11.9. The van der Waals surface area contributed by atoms with Gasteiger partial charge in [-0.1, -0.05) is 69.2 Å². The number of Topliss-reactive ketones (excluding diaryl/α,β-unsaturated/α-hetero) is 1. The van der Waals surface area contributed by atoms with Gasteiger partial charge in [0.15, 0.2) is 5.78 Å². The summed E-state index contributed by atoms with van der Waals surface area (Å²) < 4.78 is 0. The van der Waals surface area contributed by atoms with Crippen molar-refractivity contribution in [3.63, 3.8) is 0 Å². The van der Waals surface area contributed by atoms with Crippen LogP contribution in [0.15, 0.2) is 24.3 Å². The molecule has 0 atom stereocenters. The van der Waals surface area contributed by atoms with Gasteiger partial charge in [0.2, 0.25) is 0 Å². The number of carbonyl (C=O) groups is 1. The standard InChI is InChI=1S/C17H26O/c1-3-4-5-6-7-8-9-13-17(18)16-12-10-11-15(2)14-16/h10-12,14H,3-9,13H2,1-2H3. The second kappa shape index (κ2) is 8.91. The molecule has 0 spiro atoms. The molecule has 100 valence electrons. The van der Waals surface area contributed by atoms with Crippen molar-refractivity contribution in [2.24, 2.45) is 0 Å². The van der Waals surface area contributed by atoms with E-state index in [1.54, 1.807) is 0 Å². The Morgan fingerprint density at radius 1 is 1.00 bits per heavy atom. The number of benzene rings is 1. The summed E-state index contributed by atoms with van der Waals surface area (Å²) in [6.07, 6.45) is 9.54. The smallest absolute Gasteiger partial charge is 0.162 e. The van der Waals surface area contributed by atoms with Gasteiger partial charge in [-0.2, -0.15) is 0 Å². The Bertz CT molecular complexity index is 354. The average Bonchev–Trinajstić information content (AvgIpc) is 2.37. The van der Waals surface area contributed by atoms with Crippen LogP contribution in [-0.2, 0) is 0 Å². The number of rotatable bonds is 9. The Morgan fingerprint density at radius 2 is 1.67 bits per heavy atom. The van der Waals surface area contributed by atoms with Crippen molar-refractivity contribution in [3.05, 3.63) is 35.4 Å². The largest absolute Gasteiger partial charge is 0.294 e. The lowest BCUT2D eigenvalue weighted by molar-refractivity contribution is 0.0979. The highest BCUT2D eigenvalue weighted by atomic mass is 16.1. The molecule has 0 aliphatic carbocycles. The molecule has 0 saturated carbocycles. The monoisotopic (exact) mass is 246 g/mol. The minimum Gasteiger partial charge on any atom is -0.294 e. The number of aryl methyl sites for hydroxylation is 1. The fraction of sp³-hybridized carbons (Fsp3) is 0.588. The number of hydrogen-bond acceptors (Lipinski definition) is 1. The Labute approximate surface area is 112 Å². The first-order valence-electron chi connectivity index (χ1n) is 7.34. The molecule has 1 aromatic rings. The Hall–Kier alpha value is -1.11. The van der Waals surface area contributed by atoms with Crippen LogP contribution >= 0.6 is 0 Å². The van der Waals surface area contributed by atoms with E-state index in [0.29, 0.717) is 12.2 Å². The van der Waals surface area contributed by atoms with Crippen molar-refractivity contribution in [1.29, 1.82) is 0 Å². The van der Waals surface area contributed by atoms with Crippen LogP contribution in [-0.4, -0.2) is 5.78 Å². The third kappa shape index (κ3) is 6.00. The Kier molecular flexibility index (Phi) is 7.40. The minimum absolute atomic E-state index is 0.298. The fourth-order valence-corrected chi connectivity index (χ4v) is 2.21. The number of ketones is 1. The molecule has 0 amide bonds. The van der Waals surface area contributed by atoms with E-state index in [1.807, 2.05) is 31.2 Å². The van der Waals surface area contributed by atoms with Crippen LogP contribution in [0.25, 0.3) is 0 Å². The van der Waals surface area contributed by atoms with Gasteiger partial charge >= 0.3 is 0 Å². The van der Waals surface area contributed by atoms with Crippen LogP contribution in [0.2, 0.25) is 0 Å². The predicted molar refractivity (Wildman–Crippen MR) is 78.1 cm³/mol. The van der Waals surface area contributed by atoms with Gasteiger partial charge in [0, 0.05) is 12.0 Å². The highest BCUT2D eigenvalue weighted by Crippen LogP contribution is 2.12. The normalized spacial score (nSPS) is 10.6. The topological polar surface area (TPSA) is 17.1 Å². The quantitative estimate of drug-likeness (QED) is 0.426. The number of unbranched alkanes of at least 4 members (excludes halogenated alkanes) is 6. The molecule has 0 unspecified atom stereocenters. The van der Waals surface area contributed by atoms with E-state index in [-0.39, 0.29) is 0 Å². The van der Waals surface area contributed by atoms with Crippen molar-refractivity contribution >= 4 is 5.78 Å². The van der Waals surface area contributed by atoms with Gasteiger partial charge in [-0.3, -0.25) is 4.79 Å². The molecule has 1 rings (SSSR count). The molecular formula is C17H26O. The van der Waals surface area contributed by atoms with E-state index in [0.717, 1.165) is 12.0 Å². The van der Waals surface area contributed by atoms with Crippen molar-refractivity contribution in [1.82, 2.24) is 0 Å². The number of hydrogen-bond donors (Lipinski definition) is 0. The van der Waals surface area contributed by atoms with Gasteiger partial charge in [-0.05, 0) is 19.4 Å². The molecular weight excluding hydrogens is 220 g/mol. The van der Waals surface area contributed by atoms with E-state index >= 15 is 0 Å². The molecule has 1 nitrogen and oxygen atoms in total. The molecule has 0 aliphatic heterocycles. The predicted octanol–water partition coefficient (Wildman–Crippen LogP) is 5.32. The summed E-state index contributed by atoms with van der Waals surface area (Å²) in [5.41, 5.74) is 2.04. The molecule has 0 aromatic heterocycles. The lowest BCUT2D eigenvalue weighted by Crippen LogP contribution is -1.99. The van der Waals surface area contributed by atoms with Gasteiger partial charge in [0.1, 0.15) is 0 Å². The van der Waals surface area contributed by atoms with Crippen molar-refractivity contribution in [2.75, 3.05) is 0 Å². The molecule has 0 N–H and O–H groups in total. The second-order valence-electron chi connectivity index (χ2n) is 5.16. The molecule has 0 radical (unpaired) electrons. The highest BCUT2D eigenvalue weighted by Gasteiger charge is 2.04. The summed E-state index contributed by atoms with van der Waals surface area (Å²) in [5, 5.41) is 0. The molecule has 1 heteroatoms. The Morgan fingerprint density at radius 3 is 2.33 bits per heavy atom. The zero-order valence-electron chi connectivity index (χ0n) is 11.9. The first-order valence-corrected chi connectivity index (χ1v) is 7.34. The summed E-state index contributed by atoms with van der Waals surface area (Å²) in [7, 11) is 0. The highest BCUT2D eigenvalue weighted by molar-refractivity contribution is 5.96. The van der Waals surface area contributed by atoms with Gasteiger partial charge in [0.25, 0.3) is 0 Å². The molecule has 0 aliphatic rings. The van der Waals surface area contributed by atoms with Crippen LogP contribution in [0.4, 0.5) is 0 Å². The van der Waals surface area contributed by atoms with Gasteiger partial charge in [0.05, 0.1) is 0 Å². The van der Waals surface area contributed by atoms with E-state index in [2.05, 4.69) is 6.92 Å². The Balaban J connectivity index is 2.14. The van der Waals surface area contributed by atoms with Gasteiger partial charge in [-0.25, -0.2) is 0 Å². The zero-order chi connectivity index (χ0) is 13.2. The van der Waals surface area contributed by atoms with Crippen LogP contribution in [0.1, 0.15) is 74.2 Å². The second-order valence-corrected chi connectivity index (χ2v) is 5.16. The van der Waals surface area contributed by atoms with Gasteiger partial charge in [-0.15, -0.1) is 0 Å². The lowest BCUT2D eigenvalue weighted by Gasteiger charge is -2.03. The van der Waals surface area contributed by atoms with Crippen LogP contribution in [0.3, 0.4) is 0 Å². The summed E-state index contributed by atoms with van der Waals surface area (Å²) in [4.78, 5) is 11.9. The molecule has 0 saturated heterocycles.